The summed E-state index contributed by atoms with van der Waals surface area (Å²) >= 11 is 0. The topological polar surface area (TPSA) is 403 Å². The van der Waals surface area contributed by atoms with Crippen LogP contribution in [-0.4, -0.2) is 148 Å². The lowest BCUT2D eigenvalue weighted by Crippen LogP contribution is -2.62. The van der Waals surface area contributed by atoms with Crippen molar-refractivity contribution >= 4 is 70.9 Å². The van der Waals surface area contributed by atoms with Crippen LogP contribution in [0.2, 0.25) is 0 Å². The zero-order valence-corrected chi connectivity index (χ0v) is 45.2. The highest BCUT2D eigenvalue weighted by Crippen LogP contribution is 2.21. The number of hydrogen-bond acceptors (Lipinski definition) is 13. The number of nitrogens with two attached hydrogens (primary N) is 3. The SMILES string of the molecule is CC[C@H](C)[C@H](NC(=O)CNC(=O)[C@H](C)NC(=O)[C@@H]1CCCN1C(=O)[C@H](Cc1ccccc1)NC(=O)[C@@H](NC(=O)[C@@H](NC(=O)[C@H](CCC(N)=O)NC(=O)[C@@H](N)CC(N)=O)[C@@H](C)CC)C(C)C)C(=O)N[C@@H](CC(C)C)C(=O)O. The molecular formula is C51H82N12O13. The molecular weight excluding hydrogens is 989 g/mol. The number of carboxylic acids is 1. The minimum atomic E-state index is -1.42. The largest absolute Gasteiger partial charge is 0.480 e. The number of carbonyl (C=O) groups is 12. The first-order chi connectivity index (χ1) is 35.6. The Labute approximate surface area is 444 Å². The second-order valence-corrected chi connectivity index (χ2v) is 20.3. The van der Waals surface area contributed by atoms with Gasteiger partial charge in [-0.05, 0) is 61.8 Å². The van der Waals surface area contributed by atoms with Crippen LogP contribution in [0.4, 0.5) is 0 Å². The van der Waals surface area contributed by atoms with E-state index < -0.39 is 156 Å². The Morgan fingerprint density at radius 3 is 1.72 bits per heavy atom. The molecule has 0 aromatic heterocycles. The number of carboxylic acid groups (broad SMARTS) is 1. The van der Waals surface area contributed by atoms with E-state index in [0.29, 0.717) is 24.8 Å². The first kappa shape index (κ1) is 64.9. The summed E-state index contributed by atoms with van der Waals surface area (Å²) in [7, 11) is 0. The van der Waals surface area contributed by atoms with Gasteiger partial charge in [0.1, 0.15) is 48.3 Å². The van der Waals surface area contributed by atoms with E-state index in [-0.39, 0.29) is 44.6 Å². The van der Waals surface area contributed by atoms with E-state index in [2.05, 4.69) is 42.5 Å². The van der Waals surface area contributed by atoms with Gasteiger partial charge in [0.2, 0.25) is 65.0 Å². The van der Waals surface area contributed by atoms with Crippen LogP contribution in [0.1, 0.15) is 119 Å². The van der Waals surface area contributed by atoms with Crippen LogP contribution in [0.3, 0.4) is 0 Å². The van der Waals surface area contributed by atoms with Crippen LogP contribution in [0.15, 0.2) is 30.3 Å². The highest BCUT2D eigenvalue weighted by atomic mass is 16.4. The average molecular weight is 1070 g/mol. The number of benzene rings is 1. The van der Waals surface area contributed by atoms with E-state index >= 15 is 0 Å². The van der Waals surface area contributed by atoms with Crippen molar-refractivity contribution in [1.82, 2.24) is 47.4 Å². The van der Waals surface area contributed by atoms with Crippen molar-refractivity contribution in [2.45, 2.75) is 174 Å². The molecule has 1 aliphatic rings. The minimum absolute atomic E-state index is 0.0272. The van der Waals surface area contributed by atoms with Gasteiger partial charge in [0.25, 0.3) is 0 Å². The van der Waals surface area contributed by atoms with Gasteiger partial charge in [-0.3, -0.25) is 52.7 Å². The fraction of sp³-hybridized carbons (Fsp3) is 0.647. The third-order valence-electron chi connectivity index (χ3n) is 13.2. The van der Waals surface area contributed by atoms with E-state index in [1.54, 1.807) is 71.9 Å². The summed E-state index contributed by atoms with van der Waals surface area (Å²) in [4.78, 5) is 159. The molecule has 0 radical (unpaired) electrons. The Morgan fingerprint density at radius 1 is 0.645 bits per heavy atom. The van der Waals surface area contributed by atoms with Crippen LogP contribution in [0.5, 0.6) is 0 Å². The van der Waals surface area contributed by atoms with Gasteiger partial charge in [-0.15, -0.1) is 0 Å². The summed E-state index contributed by atoms with van der Waals surface area (Å²) in [5, 5.41) is 30.2. The van der Waals surface area contributed by atoms with Gasteiger partial charge in [0, 0.05) is 19.4 Å². The van der Waals surface area contributed by atoms with Crippen molar-refractivity contribution in [3.8, 4) is 0 Å². The lowest BCUT2D eigenvalue weighted by molar-refractivity contribution is -0.143. The molecule has 1 heterocycles. The molecule has 11 atom stereocenters. The number of hydrogen-bond donors (Lipinski definition) is 12. The van der Waals surface area contributed by atoms with E-state index in [1.807, 2.05) is 13.8 Å². The first-order valence-corrected chi connectivity index (χ1v) is 25.9. The Kier molecular flexibility index (Phi) is 27.0. The molecule has 0 aliphatic carbocycles. The number of rotatable bonds is 32. The molecule has 0 unspecified atom stereocenters. The Bertz CT molecular complexity index is 2210. The predicted molar refractivity (Wildman–Crippen MR) is 278 cm³/mol. The molecule has 424 valence electrons. The van der Waals surface area contributed by atoms with Crippen molar-refractivity contribution in [3.63, 3.8) is 0 Å². The summed E-state index contributed by atoms with van der Waals surface area (Å²) in [6.45, 7) is 14.8. The molecule has 1 aromatic carbocycles. The molecule has 1 saturated heterocycles. The second-order valence-electron chi connectivity index (χ2n) is 20.3. The van der Waals surface area contributed by atoms with E-state index in [9.17, 15) is 62.6 Å². The van der Waals surface area contributed by atoms with Gasteiger partial charge >= 0.3 is 5.97 Å². The molecule has 25 nitrogen and oxygen atoms in total. The molecule has 0 saturated carbocycles. The summed E-state index contributed by atoms with van der Waals surface area (Å²) in [5.41, 5.74) is 16.9. The smallest absolute Gasteiger partial charge is 0.326 e. The van der Waals surface area contributed by atoms with Gasteiger partial charge < -0.3 is 69.7 Å². The molecule has 11 amide bonds. The lowest BCUT2D eigenvalue weighted by Gasteiger charge is -2.32. The lowest BCUT2D eigenvalue weighted by atomic mass is 9.95. The number of likely N-dealkylation sites (tertiary alicyclic amines) is 1. The van der Waals surface area contributed by atoms with Crippen LogP contribution >= 0.6 is 0 Å². The Hall–Kier alpha value is -7.18. The Morgan fingerprint density at radius 2 is 1.18 bits per heavy atom. The summed E-state index contributed by atoms with van der Waals surface area (Å²) in [6.07, 6.45) is 0.408. The third-order valence-corrected chi connectivity index (χ3v) is 13.2. The fourth-order valence-corrected chi connectivity index (χ4v) is 8.27. The van der Waals surface area contributed by atoms with Crippen molar-refractivity contribution in [1.29, 1.82) is 0 Å². The highest BCUT2D eigenvalue weighted by molar-refractivity contribution is 5.99. The van der Waals surface area contributed by atoms with Gasteiger partial charge in [0.15, 0.2) is 0 Å². The predicted octanol–water partition coefficient (Wildman–Crippen LogP) is -1.90. The van der Waals surface area contributed by atoms with Gasteiger partial charge in [-0.25, -0.2) is 4.79 Å². The molecule has 0 bridgehead atoms. The molecule has 1 aliphatic heterocycles. The zero-order valence-electron chi connectivity index (χ0n) is 45.2. The minimum Gasteiger partial charge on any atom is -0.480 e. The number of primary amides is 2. The van der Waals surface area contributed by atoms with E-state index in [4.69, 9.17) is 17.2 Å². The second kappa shape index (κ2) is 31.6. The van der Waals surface area contributed by atoms with E-state index in [0.717, 1.165) is 0 Å². The molecule has 25 heteroatoms. The maximum atomic E-state index is 14.6. The maximum Gasteiger partial charge on any atom is 0.326 e. The van der Waals surface area contributed by atoms with Crippen LogP contribution in [0.25, 0.3) is 0 Å². The number of amides is 11. The van der Waals surface area contributed by atoms with Crippen LogP contribution in [-0.2, 0) is 64.0 Å². The number of nitrogens with zero attached hydrogens (tertiary/aromatic N) is 1. The van der Waals surface area contributed by atoms with E-state index in [1.165, 1.54) is 11.8 Å². The molecule has 15 N–H and O–H groups in total. The summed E-state index contributed by atoms with van der Waals surface area (Å²) in [5.74, 6) is -11.3. The van der Waals surface area contributed by atoms with Gasteiger partial charge in [-0.2, -0.15) is 0 Å². The molecule has 76 heavy (non-hydrogen) atoms. The third kappa shape index (κ3) is 21.2. The van der Waals surface area contributed by atoms with Crippen molar-refractivity contribution in [2.75, 3.05) is 13.1 Å². The quantitative estimate of drug-likeness (QED) is 0.0375. The Balaban J connectivity index is 2.28. The standard InChI is InChI=1S/C51H82N12O13/c1-10-28(7)41(48(72)59-35(51(75)76)22-26(3)4)60-39(66)25-55-43(67)30(9)56-46(70)36-18-15-21-63(36)50(74)34(23-31-16-13-12-14-17-31)58-47(71)40(27(5)6)61-49(73)42(29(8)11-2)62-45(69)33(19-20-37(53)64)57-44(68)32(52)24-38(54)65/h12-14,16-17,26-30,32-36,40-42H,10-11,15,18-25,52H2,1-9H3,(H2,53,64)(H2,54,65)(H,55,67)(H,56,70)(H,57,68)(H,58,71)(H,59,72)(H,60,66)(H,61,73)(H,62,69)(H,75,76)/t28-,29-,30-,32-,33-,34-,35-,36-,40-,41-,42-/m0/s1. The first-order valence-electron chi connectivity index (χ1n) is 25.9. The monoisotopic (exact) mass is 1070 g/mol. The normalized spacial score (nSPS) is 17.2. The highest BCUT2D eigenvalue weighted by Gasteiger charge is 2.41. The number of carbonyl (C=O) groups excluding carboxylic acids is 11. The van der Waals surface area contributed by atoms with Gasteiger partial charge in [-0.1, -0.05) is 98.6 Å². The molecule has 1 aromatic rings. The fourth-order valence-electron chi connectivity index (χ4n) is 8.27. The molecule has 1 fully saturated rings. The van der Waals surface area contributed by atoms with Crippen molar-refractivity contribution in [2.24, 2.45) is 40.9 Å². The van der Waals surface area contributed by atoms with Crippen molar-refractivity contribution < 1.29 is 62.6 Å². The summed E-state index contributed by atoms with van der Waals surface area (Å²) in [6, 6.07) is -2.49. The number of nitrogens with one attached hydrogen (secondary N) is 8. The number of aliphatic carboxylic acids is 1. The average Bonchev–Trinajstić information content (AvgIpc) is 3.85. The van der Waals surface area contributed by atoms with Gasteiger partial charge in [0.05, 0.1) is 19.0 Å². The van der Waals surface area contributed by atoms with Crippen molar-refractivity contribution in [3.05, 3.63) is 35.9 Å². The zero-order chi connectivity index (χ0) is 57.6. The van der Waals surface area contributed by atoms with Crippen LogP contribution < -0.4 is 59.7 Å². The maximum absolute atomic E-state index is 14.6. The molecule has 0 spiro atoms. The van der Waals surface area contributed by atoms with Crippen LogP contribution in [0, 0.1) is 23.7 Å². The summed E-state index contributed by atoms with van der Waals surface area (Å²) < 4.78 is 0. The molecule has 2 rings (SSSR count).